The molecule has 1 N–H and O–H groups in total. The van der Waals surface area contributed by atoms with E-state index >= 15 is 0 Å². The second-order valence-corrected chi connectivity index (χ2v) is 14.0. The minimum atomic E-state index is -4.19. The summed E-state index contributed by atoms with van der Waals surface area (Å²) < 4.78 is 63.7. The zero-order valence-corrected chi connectivity index (χ0v) is 23.7. The summed E-state index contributed by atoms with van der Waals surface area (Å²) in [6, 6.07) is 5.02. The van der Waals surface area contributed by atoms with Gasteiger partial charge in [0.1, 0.15) is 6.04 Å². The van der Waals surface area contributed by atoms with E-state index in [-0.39, 0.29) is 47.3 Å². The number of thiazole rings is 1. The van der Waals surface area contributed by atoms with Crippen LogP contribution in [0.1, 0.15) is 55.8 Å². The van der Waals surface area contributed by atoms with Crippen LogP contribution in [0.15, 0.2) is 29.2 Å². The van der Waals surface area contributed by atoms with E-state index in [1.165, 1.54) is 28.4 Å². The van der Waals surface area contributed by atoms with Crippen LogP contribution in [0.25, 0.3) is 0 Å². The first-order valence-electron chi connectivity index (χ1n) is 12.9. The van der Waals surface area contributed by atoms with E-state index in [2.05, 4.69) is 24.1 Å². The molecule has 3 atom stereocenters. The molecule has 1 aromatic carbocycles. The van der Waals surface area contributed by atoms with Crippen molar-refractivity contribution in [1.29, 1.82) is 0 Å². The highest BCUT2D eigenvalue weighted by Gasteiger charge is 2.45. The third-order valence-electron chi connectivity index (χ3n) is 7.45. The van der Waals surface area contributed by atoms with Crippen LogP contribution in [-0.4, -0.2) is 67.2 Å². The van der Waals surface area contributed by atoms with Crippen molar-refractivity contribution < 1.29 is 26.4 Å². The van der Waals surface area contributed by atoms with Gasteiger partial charge in [-0.2, -0.15) is 13.2 Å². The van der Waals surface area contributed by atoms with Gasteiger partial charge in [-0.15, -0.1) is 11.3 Å². The van der Waals surface area contributed by atoms with E-state index in [9.17, 15) is 26.4 Å². The Bertz CT molecular complexity index is 1250. The molecule has 2 aliphatic rings. The lowest BCUT2D eigenvalue weighted by Gasteiger charge is -2.40. The molecule has 210 valence electrons. The molecule has 1 amide bonds. The van der Waals surface area contributed by atoms with Gasteiger partial charge in [0.2, 0.25) is 5.91 Å². The zero-order chi connectivity index (χ0) is 27.8. The van der Waals surface area contributed by atoms with Crippen LogP contribution in [0.2, 0.25) is 0 Å². The average molecular weight is 573 g/mol. The Morgan fingerprint density at radius 1 is 1.21 bits per heavy atom. The molecule has 0 spiro atoms. The number of aromatic nitrogens is 1. The number of rotatable bonds is 8. The number of hydrogen-bond donors (Lipinski definition) is 1. The van der Waals surface area contributed by atoms with Crippen LogP contribution >= 0.6 is 11.3 Å². The van der Waals surface area contributed by atoms with Crippen LogP contribution in [0.4, 0.5) is 18.3 Å². The molecule has 2 unspecified atom stereocenters. The number of carbonyl (C=O) groups excluding carboxylic acids is 1. The standard InChI is InChI=1S/C26H35F3N4O3S2/c1-5-38(35,36)19-9-6-17(7-10-19)12-22(34)30-25-31-23-20(37-25)15-33(24(23)16(2)3)14-18-8-11-21(26(27,28)29)32(4)13-18/h6-7,9-10,16,18,21,24H,5,8,11-15H2,1-4H3,(H,30,31,34)/t18-,21?,24?/m1/s1. The maximum absolute atomic E-state index is 13.2. The number of halogens is 3. The molecule has 7 nitrogen and oxygen atoms in total. The van der Waals surface area contributed by atoms with E-state index in [0.29, 0.717) is 36.8 Å². The van der Waals surface area contributed by atoms with Gasteiger partial charge < -0.3 is 5.32 Å². The highest BCUT2D eigenvalue weighted by molar-refractivity contribution is 7.91. The number of alkyl halides is 3. The third kappa shape index (κ3) is 6.40. The summed E-state index contributed by atoms with van der Waals surface area (Å²) in [5.74, 6) is 0.203. The van der Waals surface area contributed by atoms with Crippen LogP contribution in [-0.2, 0) is 27.6 Å². The summed E-state index contributed by atoms with van der Waals surface area (Å²) in [7, 11) is -1.73. The van der Waals surface area contributed by atoms with Gasteiger partial charge in [0.15, 0.2) is 15.0 Å². The number of hydrogen-bond acceptors (Lipinski definition) is 7. The fourth-order valence-corrected chi connectivity index (χ4v) is 7.52. The lowest BCUT2D eigenvalue weighted by molar-refractivity contribution is -0.191. The molecule has 1 fully saturated rings. The number of amides is 1. The van der Waals surface area contributed by atoms with Gasteiger partial charge in [0.25, 0.3) is 0 Å². The average Bonchev–Trinajstić information content (AvgIpc) is 3.34. The number of carbonyl (C=O) groups is 1. The first kappa shape index (κ1) is 29.0. The Balaban J connectivity index is 1.37. The summed E-state index contributed by atoms with van der Waals surface area (Å²) in [4.78, 5) is 22.5. The first-order chi connectivity index (χ1) is 17.8. The molecule has 0 radical (unpaired) electrons. The summed E-state index contributed by atoms with van der Waals surface area (Å²) in [6.45, 7) is 7.61. The highest BCUT2D eigenvalue weighted by Crippen LogP contribution is 2.43. The van der Waals surface area contributed by atoms with Crippen LogP contribution in [0.3, 0.4) is 0 Å². The van der Waals surface area contributed by atoms with Crippen molar-refractivity contribution in [2.75, 3.05) is 31.2 Å². The largest absolute Gasteiger partial charge is 0.404 e. The quantitative estimate of drug-likeness (QED) is 0.485. The second kappa shape index (κ2) is 11.2. The fraction of sp³-hybridized carbons (Fsp3) is 0.615. The molecule has 3 heterocycles. The Morgan fingerprint density at radius 3 is 2.47 bits per heavy atom. The van der Waals surface area contributed by atoms with Crippen molar-refractivity contribution >= 4 is 32.2 Å². The molecule has 1 aromatic heterocycles. The van der Waals surface area contributed by atoms with Gasteiger partial charge in [-0.05, 0) is 49.4 Å². The van der Waals surface area contributed by atoms with E-state index in [1.54, 1.807) is 26.1 Å². The van der Waals surface area contributed by atoms with Crippen molar-refractivity contribution in [2.24, 2.45) is 11.8 Å². The molecule has 0 aliphatic carbocycles. The molecule has 4 rings (SSSR count). The van der Waals surface area contributed by atoms with Gasteiger partial charge in [-0.25, -0.2) is 13.4 Å². The molecule has 12 heteroatoms. The summed E-state index contributed by atoms with van der Waals surface area (Å²) >= 11 is 1.44. The summed E-state index contributed by atoms with van der Waals surface area (Å²) in [5, 5.41) is 3.40. The van der Waals surface area contributed by atoms with Gasteiger partial charge in [0.05, 0.1) is 28.8 Å². The molecular weight excluding hydrogens is 537 g/mol. The van der Waals surface area contributed by atoms with Crippen LogP contribution in [0, 0.1) is 11.8 Å². The number of anilines is 1. The number of likely N-dealkylation sites (tertiary alicyclic amines) is 1. The number of sulfone groups is 1. The number of nitrogens with zero attached hydrogens (tertiary/aromatic N) is 3. The number of fused-ring (bicyclic) bond motifs is 1. The van der Waals surface area contributed by atoms with Gasteiger partial charge in [-0.1, -0.05) is 32.9 Å². The normalized spacial score (nSPS) is 23.1. The summed E-state index contributed by atoms with van der Waals surface area (Å²) in [5.41, 5.74) is 1.64. The highest BCUT2D eigenvalue weighted by atomic mass is 32.2. The molecule has 1 saturated heterocycles. The van der Waals surface area contributed by atoms with E-state index in [1.807, 2.05) is 0 Å². The first-order valence-corrected chi connectivity index (χ1v) is 15.4. The summed E-state index contributed by atoms with van der Waals surface area (Å²) in [6.07, 6.45) is -3.42. The fourth-order valence-electron chi connectivity index (χ4n) is 5.60. The van der Waals surface area contributed by atoms with Crippen molar-refractivity contribution in [1.82, 2.24) is 14.8 Å². The van der Waals surface area contributed by atoms with E-state index in [0.717, 1.165) is 10.6 Å². The lowest BCUT2D eigenvalue weighted by atomic mass is 9.91. The maximum Gasteiger partial charge on any atom is 0.404 e. The Kier molecular flexibility index (Phi) is 8.56. The van der Waals surface area contributed by atoms with Crippen LogP contribution in [0.5, 0.6) is 0 Å². The van der Waals surface area contributed by atoms with Crippen molar-refractivity contribution in [3.05, 3.63) is 40.4 Å². The zero-order valence-electron chi connectivity index (χ0n) is 22.1. The molecule has 0 bridgehead atoms. The van der Waals surface area contributed by atoms with Gasteiger partial charge in [0, 0.05) is 24.5 Å². The minimum Gasteiger partial charge on any atom is -0.302 e. The number of benzene rings is 1. The number of piperidine rings is 1. The van der Waals surface area contributed by atoms with Crippen molar-refractivity contribution in [2.45, 2.75) is 69.7 Å². The Morgan fingerprint density at radius 2 is 1.89 bits per heavy atom. The Labute approximate surface area is 226 Å². The van der Waals surface area contributed by atoms with Crippen LogP contribution < -0.4 is 5.32 Å². The van der Waals surface area contributed by atoms with E-state index < -0.39 is 22.1 Å². The predicted octanol–water partition coefficient (Wildman–Crippen LogP) is 4.90. The molecule has 0 saturated carbocycles. The maximum atomic E-state index is 13.2. The predicted molar refractivity (Wildman–Crippen MR) is 142 cm³/mol. The molecule has 2 aliphatic heterocycles. The molecule has 2 aromatic rings. The Hall–Kier alpha value is -2.02. The topological polar surface area (TPSA) is 82.6 Å². The van der Waals surface area contributed by atoms with E-state index in [4.69, 9.17) is 4.98 Å². The SMILES string of the molecule is CCS(=O)(=O)c1ccc(CC(=O)Nc2nc3c(s2)CN(C[C@@H]2CCC(C(F)(F)F)N(C)C2)C3C(C)C)cc1. The smallest absolute Gasteiger partial charge is 0.302 e. The van der Waals surface area contributed by atoms with Gasteiger partial charge >= 0.3 is 6.18 Å². The van der Waals surface area contributed by atoms with Crippen molar-refractivity contribution in [3.63, 3.8) is 0 Å². The van der Waals surface area contributed by atoms with Gasteiger partial charge in [-0.3, -0.25) is 14.6 Å². The minimum absolute atomic E-state index is 0.0204. The monoisotopic (exact) mass is 572 g/mol. The third-order valence-corrected chi connectivity index (χ3v) is 10.2. The number of nitrogens with one attached hydrogen (secondary N) is 1. The second-order valence-electron chi connectivity index (χ2n) is 10.7. The lowest BCUT2D eigenvalue weighted by Crippen LogP contribution is -2.50. The van der Waals surface area contributed by atoms with Crippen molar-refractivity contribution in [3.8, 4) is 0 Å². The molecule has 38 heavy (non-hydrogen) atoms. The molecular formula is C26H35F3N4O3S2.